The predicted octanol–water partition coefficient (Wildman–Crippen LogP) is 3.00. The molecule has 2 unspecified atom stereocenters. The second kappa shape index (κ2) is 6.08. The summed E-state index contributed by atoms with van der Waals surface area (Å²) in [6, 6.07) is 4.72. The molecule has 0 aliphatic rings. The van der Waals surface area contributed by atoms with Gasteiger partial charge >= 0.3 is 0 Å². The molecule has 2 N–H and O–H groups in total. The van der Waals surface area contributed by atoms with Gasteiger partial charge in [0.05, 0.1) is 12.4 Å². The second-order valence-corrected chi connectivity index (χ2v) is 5.01. The maximum atomic E-state index is 10.4. The van der Waals surface area contributed by atoms with Crippen LogP contribution in [0.5, 0.6) is 5.75 Å². The molecule has 0 bridgehead atoms. The number of rotatable bonds is 5. The minimum atomic E-state index is -0.758. The van der Waals surface area contributed by atoms with E-state index >= 15 is 0 Å². The molecule has 1 aromatic heterocycles. The quantitative estimate of drug-likeness (QED) is 0.885. The summed E-state index contributed by atoms with van der Waals surface area (Å²) in [6.07, 6.45) is 5.30. The number of benzene rings is 1. The fourth-order valence-electron chi connectivity index (χ4n) is 2.13. The number of aromatic hydroxyl groups is 1. The van der Waals surface area contributed by atoms with Crippen molar-refractivity contribution in [1.29, 1.82) is 0 Å². The Balaban J connectivity index is 2.20. The Kier molecular flexibility index (Phi) is 4.45. The SMILES string of the molecule is CCC(Cn1ccnc1)C(O)c1cc(Cl)ccc1O. The molecule has 5 heteroatoms. The van der Waals surface area contributed by atoms with Gasteiger partial charge in [0.1, 0.15) is 5.75 Å². The van der Waals surface area contributed by atoms with E-state index in [9.17, 15) is 10.2 Å². The Morgan fingerprint density at radius 1 is 1.42 bits per heavy atom. The lowest BCUT2D eigenvalue weighted by Crippen LogP contribution is -2.17. The van der Waals surface area contributed by atoms with Crippen LogP contribution in [-0.4, -0.2) is 19.8 Å². The summed E-state index contributed by atoms with van der Waals surface area (Å²) in [5.41, 5.74) is 0.472. The highest BCUT2D eigenvalue weighted by molar-refractivity contribution is 6.30. The highest BCUT2D eigenvalue weighted by Gasteiger charge is 2.22. The minimum absolute atomic E-state index is 0.0152. The van der Waals surface area contributed by atoms with Crippen molar-refractivity contribution in [3.05, 3.63) is 47.5 Å². The van der Waals surface area contributed by atoms with Crippen molar-refractivity contribution >= 4 is 11.6 Å². The van der Waals surface area contributed by atoms with Gasteiger partial charge in [0.15, 0.2) is 0 Å². The van der Waals surface area contributed by atoms with E-state index in [0.29, 0.717) is 17.1 Å². The maximum absolute atomic E-state index is 10.4. The highest BCUT2D eigenvalue weighted by atomic mass is 35.5. The van der Waals surface area contributed by atoms with Crippen molar-refractivity contribution in [2.45, 2.75) is 26.0 Å². The fourth-order valence-corrected chi connectivity index (χ4v) is 2.31. The first-order chi connectivity index (χ1) is 9.11. The molecule has 0 saturated carbocycles. The molecule has 0 saturated heterocycles. The van der Waals surface area contributed by atoms with Crippen molar-refractivity contribution in [3.8, 4) is 5.75 Å². The second-order valence-electron chi connectivity index (χ2n) is 4.58. The van der Waals surface area contributed by atoms with Gasteiger partial charge in [0.2, 0.25) is 0 Å². The molecule has 1 heterocycles. The topological polar surface area (TPSA) is 58.3 Å². The van der Waals surface area contributed by atoms with Crippen LogP contribution in [0, 0.1) is 5.92 Å². The number of nitrogens with zero attached hydrogens (tertiary/aromatic N) is 2. The third kappa shape index (κ3) is 3.28. The van der Waals surface area contributed by atoms with Crippen molar-refractivity contribution < 1.29 is 10.2 Å². The van der Waals surface area contributed by atoms with Crippen LogP contribution in [-0.2, 0) is 6.54 Å². The van der Waals surface area contributed by atoms with Gasteiger partial charge in [-0.3, -0.25) is 0 Å². The first-order valence-electron chi connectivity index (χ1n) is 6.24. The van der Waals surface area contributed by atoms with Crippen molar-refractivity contribution in [1.82, 2.24) is 9.55 Å². The molecule has 19 heavy (non-hydrogen) atoms. The molecule has 0 aliphatic heterocycles. The molecular formula is C14H17ClN2O2. The molecule has 0 aliphatic carbocycles. The van der Waals surface area contributed by atoms with Crippen LogP contribution in [0.15, 0.2) is 36.9 Å². The van der Waals surface area contributed by atoms with E-state index in [0.717, 1.165) is 6.42 Å². The zero-order chi connectivity index (χ0) is 13.8. The summed E-state index contributed by atoms with van der Waals surface area (Å²) >= 11 is 5.91. The van der Waals surface area contributed by atoms with Crippen LogP contribution in [0.4, 0.5) is 0 Å². The van der Waals surface area contributed by atoms with Gasteiger partial charge in [-0.05, 0) is 24.6 Å². The van der Waals surface area contributed by atoms with Crippen molar-refractivity contribution in [2.75, 3.05) is 0 Å². The highest BCUT2D eigenvalue weighted by Crippen LogP contribution is 2.33. The largest absolute Gasteiger partial charge is 0.508 e. The molecule has 2 rings (SSSR count). The van der Waals surface area contributed by atoms with Crippen LogP contribution in [0.2, 0.25) is 5.02 Å². The van der Waals surface area contributed by atoms with Crippen LogP contribution >= 0.6 is 11.6 Å². The molecule has 0 spiro atoms. The Morgan fingerprint density at radius 2 is 2.21 bits per heavy atom. The summed E-state index contributed by atoms with van der Waals surface area (Å²) < 4.78 is 1.92. The first-order valence-corrected chi connectivity index (χ1v) is 6.61. The number of aromatic nitrogens is 2. The number of phenols is 1. The van der Waals surface area contributed by atoms with Gasteiger partial charge in [0, 0.05) is 35.4 Å². The summed E-state index contributed by atoms with van der Waals surface area (Å²) in [5.74, 6) is 0.0551. The fraction of sp³-hybridized carbons (Fsp3) is 0.357. The number of aliphatic hydroxyl groups excluding tert-OH is 1. The summed E-state index contributed by atoms with van der Waals surface area (Å²) in [7, 11) is 0. The van der Waals surface area contributed by atoms with E-state index in [-0.39, 0.29) is 11.7 Å². The standard InChI is InChI=1S/C14H17ClN2O2/c1-2-10(8-17-6-5-16-9-17)14(19)12-7-11(15)3-4-13(12)18/h3-7,9-10,14,18-19H,2,8H2,1H3. The van der Waals surface area contributed by atoms with Crippen LogP contribution < -0.4 is 0 Å². The zero-order valence-electron chi connectivity index (χ0n) is 10.7. The number of imidazole rings is 1. The van der Waals surface area contributed by atoms with Crippen LogP contribution in [0.1, 0.15) is 25.0 Å². The lowest BCUT2D eigenvalue weighted by molar-refractivity contribution is 0.0926. The molecular weight excluding hydrogens is 264 g/mol. The summed E-state index contributed by atoms with van der Waals surface area (Å²) in [5, 5.41) is 20.8. The van der Waals surface area contributed by atoms with E-state index in [4.69, 9.17) is 11.6 Å². The molecule has 102 valence electrons. The number of hydrogen-bond acceptors (Lipinski definition) is 3. The molecule has 0 fully saturated rings. The maximum Gasteiger partial charge on any atom is 0.121 e. The smallest absolute Gasteiger partial charge is 0.121 e. The van der Waals surface area contributed by atoms with E-state index in [2.05, 4.69) is 4.98 Å². The van der Waals surface area contributed by atoms with E-state index in [1.54, 1.807) is 24.7 Å². The van der Waals surface area contributed by atoms with E-state index in [1.807, 2.05) is 17.7 Å². The summed E-state index contributed by atoms with van der Waals surface area (Å²) in [4.78, 5) is 3.98. The molecule has 0 radical (unpaired) electrons. The van der Waals surface area contributed by atoms with Gasteiger partial charge < -0.3 is 14.8 Å². The zero-order valence-corrected chi connectivity index (χ0v) is 11.5. The molecule has 2 aromatic rings. The Labute approximate surface area is 117 Å². The van der Waals surface area contributed by atoms with Gasteiger partial charge in [-0.25, -0.2) is 4.98 Å². The Bertz CT molecular complexity index is 528. The normalized spacial score (nSPS) is 14.3. The molecule has 0 amide bonds. The predicted molar refractivity (Wildman–Crippen MR) is 74.1 cm³/mol. The van der Waals surface area contributed by atoms with E-state index in [1.165, 1.54) is 6.07 Å². The van der Waals surface area contributed by atoms with Gasteiger partial charge in [-0.1, -0.05) is 18.5 Å². The summed E-state index contributed by atoms with van der Waals surface area (Å²) in [6.45, 7) is 2.65. The average Bonchev–Trinajstić information content (AvgIpc) is 2.91. The van der Waals surface area contributed by atoms with Crippen LogP contribution in [0.3, 0.4) is 0 Å². The number of halogens is 1. The van der Waals surface area contributed by atoms with Gasteiger partial charge in [-0.2, -0.15) is 0 Å². The number of hydrogen-bond donors (Lipinski definition) is 2. The third-order valence-electron chi connectivity index (χ3n) is 3.28. The number of aliphatic hydroxyl groups is 1. The van der Waals surface area contributed by atoms with Gasteiger partial charge in [-0.15, -0.1) is 0 Å². The average molecular weight is 281 g/mol. The lowest BCUT2D eigenvalue weighted by Gasteiger charge is -2.23. The Morgan fingerprint density at radius 3 is 2.84 bits per heavy atom. The molecule has 1 aromatic carbocycles. The molecule has 4 nitrogen and oxygen atoms in total. The minimum Gasteiger partial charge on any atom is -0.508 e. The van der Waals surface area contributed by atoms with Crippen molar-refractivity contribution in [2.24, 2.45) is 5.92 Å². The molecule has 2 atom stereocenters. The first kappa shape index (κ1) is 13.9. The van der Waals surface area contributed by atoms with Crippen molar-refractivity contribution in [3.63, 3.8) is 0 Å². The number of phenolic OH excluding ortho intramolecular Hbond substituents is 1. The van der Waals surface area contributed by atoms with Gasteiger partial charge in [0.25, 0.3) is 0 Å². The van der Waals surface area contributed by atoms with Crippen LogP contribution in [0.25, 0.3) is 0 Å². The van der Waals surface area contributed by atoms with E-state index < -0.39 is 6.10 Å². The Hall–Kier alpha value is -1.52. The third-order valence-corrected chi connectivity index (χ3v) is 3.52. The monoisotopic (exact) mass is 280 g/mol. The lowest BCUT2D eigenvalue weighted by atomic mass is 9.92.